The van der Waals surface area contributed by atoms with Crippen molar-refractivity contribution >= 4 is 11.9 Å². The van der Waals surface area contributed by atoms with E-state index in [9.17, 15) is 14.7 Å². The van der Waals surface area contributed by atoms with Gasteiger partial charge in [0.05, 0.1) is 14.2 Å². The number of nitrogens with one attached hydrogen (secondary N) is 1. The lowest BCUT2D eigenvalue weighted by Gasteiger charge is -2.25. The summed E-state index contributed by atoms with van der Waals surface area (Å²) < 4.78 is 10.5. The number of rotatable bonds is 9. The maximum absolute atomic E-state index is 12.2. The van der Waals surface area contributed by atoms with E-state index in [0.29, 0.717) is 23.5 Å². The highest BCUT2D eigenvalue weighted by molar-refractivity contribution is 5.83. The molecule has 2 aromatic carbocycles. The van der Waals surface area contributed by atoms with Gasteiger partial charge in [0.1, 0.15) is 5.41 Å². The van der Waals surface area contributed by atoms with E-state index in [4.69, 9.17) is 9.47 Å². The van der Waals surface area contributed by atoms with Crippen LogP contribution in [0.2, 0.25) is 0 Å². The van der Waals surface area contributed by atoms with Crippen LogP contribution in [0.5, 0.6) is 11.5 Å². The van der Waals surface area contributed by atoms with E-state index in [2.05, 4.69) is 5.32 Å². The van der Waals surface area contributed by atoms with Crippen molar-refractivity contribution in [3.05, 3.63) is 59.7 Å². The quantitative estimate of drug-likeness (QED) is 0.708. The summed E-state index contributed by atoms with van der Waals surface area (Å²) in [5.74, 6) is 0.0609. The Morgan fingerprint density at radius 2 is 1.70 bits per heavy atom. The molecule has 0 aromatic heterocycles. The highest BCUT2D eigenvalue weighted by atomic mass is 16.5. The van der Waals surface area contributed by atoms with Crippen LogP contribution in [0.1, 0.15) is 24.5 Å². The first kappa shape index (κ1) is 20.3. The van der Waals surface area contributed by atoms with Crippen LogP contribution in [-0.2, 0) is 21.4 Å². The number of aliphatic carboxylic acids is 1. The first-order chi connectivity index (χ1) is 12.9. The van der Waals surface area contributed by atoms with Gasteiger partial charge in [0, 0.05) is 13.0 Å². The van der Waals surface area contributed by atoms with Crippen molar-refractivity contribution in [2.75, 3.05) is 20.8 Å². The van der Waals surface area contributed by atoms with Crippen LogP contribution in [0.25, 0.3) is 0 Å². The zero-order chi connectivity index (χ0) is 19.9. The summed E-state index contributed by atoms with van der Waals surface area (Å²) in [5, 5.41) is 12.4. The molecule has 0 bridgehead atoms. The largest absolute Gasteiger partial charge is 0.493 e. The molecular weight excluding hydrogens is 346 g/mol. The Balaban J connectivity index is 1.96. The van der Waals surface area contributed by atoms with Gasteiger partial charge >= 0.3 is 5.97 Å². The zero-order valence-electron chi connectivity index (χ0n) is 15.8. The fourth-order valence-corrected chi connectivity index (χ4v) is 2.76. The number of carbonyl (C=O) groups excluding carboxylic acids is 1. The summed E-state index contributed by atoms with van der Waals surface area (Å²) >= 11 is 0. The summed E-state index contributed by atoms with van der Waals surface area (Å²) in [6.45, 7) is 1.64. The minimum atomic E-state index is -1.18. The smallest absolute Gasteiger partial charge is 0.315 e. The highest BCUT2D eigenvalue weighted by Crippen LogP contribution is 2.28. The van der Waals surface area contributed by atoms with Crippen molar-refractivity contribution in [2.24, 2.45) is 0 Å². The van der Waals surface area contributed by atoms with Gasteiger partial charge in [0.2, 0.25) is 5.91 Å². The summed E-state index contributed by atoms with van der Waals surface area (Å²) in [6.07, 6.45) is 0.765. The number of methoxy groups -OCH3 is 2. The van der Waals surface area contributed by atoms with Gasteiger partial charge in [-0.3, -0.25) is 9.59 Å². The minimum absolute atomic E-state index is 0.0249. The number of carbonyl (C=O) groups is 2. The standard InChI is InChI=1S/C21H25NO5/c1-21(20(24)25,16-7-5-4-6-8-16)14-22-19(23)12-10-15-9-11-17(26-2)18(13-15)27-3/h4-9,11,13H,10,12,14H2,1-3H3,(H,22,23)(H,24,25). The molecule has 0 spiro atoms. The number of aryl methyl sites for hydroxylation is 1. The zero-order valence-corrected chi connectivity index (χ0v) is 15.8. The van der Waals surface area contributed by atoms with Crippen LogP contribution < -0.4 is 14.8 Å². The van der Waals surface area contributed by atoms with Crippen molar-refractivity contribution in [3.63, 3.8) is 0 Å². The first-order valence-corrected chi connectivity index (χ1v) is 8.67. The molecule has 2 aromatic rings. The molecule has 0 fully saturated rings. The molecule has 0 heterocycles. The van der Waals surface area contributed by atoms with Crippen LogP contribution in [0, 0.1) is 0 Å². The van der Waals surface area contributed by atoms with E-state index in [0.717, 1.165) is 5.56 Å². The van der Waals surface area contributed by atoms with Crippen LogP contribution in [0.4, 0.5) is 0 Å². The number of benzene rings is 2. The summed E-state index contributed by atoms with van der Waals surface area (Å²) in [7, 11) is 3.13. The third-order valence-electron chi connectivity index (χ3n) is 4.61. The average Bonchev–Trinajstić information content (AvgIpc) is 2.70. The maximum Gasteiger partial charge on any atom is 0.315 e. The van der Waals surface area contributed by atoms with E-state index >= 15 is 0 Å². The summed E-state index contributed by atoms with van der Waals surface area (Å²) in [4.78, 5) is 24.0. The number of hydrogen-bond acceptors (Lipinski definition) is 4. The second kappa shape index (κ2) is 9.07. The second-order valence-corrected chi connectivity index (χ2v) is 6.47. The lowest BCUT2D eigenvalue weighted by atomic mass is 9.82. The van der Waals surface area contributed by atoms with Crippen molar-refractivity contribution in [2.45, 2.75) is 25.2 Å². The summed E-state index contributed by atoms with van der Waals surface area (Å²) in [6, 6.07) is 14.4. The van der Waals surface area contributed by atoms with Gasteiger partial charge in [-0.1, -0.05) is 36.4 Å². The molecule has 0 saturated carbocycles. The van der Waals surface area contributed by atoms with Crippen molar-refractivity contribution in [3.8, 4) is 11.5 Å². The molecule has 2 rings (SSSR count). The minimum Gasteiger partial charge on any atom is -0.493 e. The van der Waals surface area contributed by atoms with Crippen LogP contribution in [-0.4, -0.2) is 37.7 Å². The Hall–Kier alpha value is -3.02. The number of amides is 1. The van der Waals surface area contributed by atoms with Crippen molar-refractivity contribution in [1.82, 2.24) is 5.32 Å². The monoisotopic (exact) mass is 371 g/mol. The molecule has 0 aliphatic carbocycles. The van der Waals surface area contributed by atoms with Crippen LogP contribution in [0.3, 0.4) is 0 Å². The SMILES string of the molecule is COc1ccc(CCC(=O)NCC(C)(C(=O)O)c2ccccc2)cc1OC. The number of carboxylic acids is 1. The highest BCUT2D eigenvalue weighted by Gasteiger charge is 2.35. The molecule has 0 aliphatic heterocycles. The molecular formula is C21H25NO5. The normalized spacial score (nSPS) is 12.7. The Morgan fingerprint density at radius 3 is 2.30 bits per heavy atom. The van der Waals surface area contributed by atoms with Crippen molar-refractivity contribution in [1.29, 1.82) is 0 Å². The first-order valence-electron chi connectivity index (χ1n) is 8.67. The van der Waals surface area contributed by atoms with Crippen LogP contribution >= 0.6 is 0 Å². The maximum atomic E-state index is 12.2. The van der Waals surface area contributed by atoms with E-state index in [1.807, 2.05) is 18.2 Å². The third-order valence-corrected chi connectivity index (χ3v) is 4.61. The van der Waals surface area contributed by atoms with Gasteiger partial charge in [-0.2, -0.15) is 0 Å². The molecule has 1 amide bonds. The predicted molar refractivity (Wildman–Crippen MR) is 102 cm³/mol. The summed E-state index contributed by atoms with van der Waals surface area (Å²) in [5.41, 5.74) is 0.407. The van der Waals surface area contributed by atoms with E-state index in [1.165, 1.54) is 0 Å². The van der Waals surface area contributed by atoms with Gasteiger partial charge in [-0.25, -0.2) is 0 Å². The number of carboxylic acid groups (broad SMARTS) is 1. The third kappa shape index (κ3) is 5.00. The Bertz CT molecular complexity index is 790. The van der Waals surface area contributed by atoms with E-state index in [-0.39, 0.29) is 18.9 Å². The fourth-order valence-electron chi connectivity index (χ4n) is 2.76. The van der Waals surface area contributed by atoms with E-state index < -0.39 is 11.4 Å². The second-order valence-electron chi connectivity index (χ2n) is 6.47. The van der Waals surface area contributed by atoms with Gasteiger partial charge in [-0.15, -0.1) is 0 Å². The Labute approximate surface area is 159 Å². The Morgan fingerprint density at radius 1 is 1.04 bits per heavy atom. The van der Waals surface area contributed by atoms with Gasteiger partial charge < -0.3 is 19.9 Å². The average molecular weight is 371 g/mol. The molecule has 2 N–H and O–H groups in total. The number of ether oxygens (including phenoxy) is 2. The molecule has 1 atom stereocenters. The van der Waals surface area contributed by atoms with Gasteiger partial charge in [0.25, 0.3) is 0 Å². The fraction of sp³-hybridized carbons (Fsp3) is 0.333. The van der Waals surface area contributed by atoms with E-state index in [1.54, 1.807) is 51.5 Å². The molecule has 0 radical (unpaired) electrons. The molecule has 1 unspecified atom stereocenters. The molecule has 0 saturated heterocycles. The Kier molecular flexibility index (Phi) is 6.82. The molecule has 6 nitrogen and oxygen atoms in total. The van der Waals surface area contributed by atoms with Crippen LogP contribution in [0.15, 0.2) is 48.5 Å². The van der Waals surface area contributed by atoms with Gasteiger partial charge in [-0.05, 0) is 36.6 Å². The molecule has 27 heavy (non-hydrogen) atoms. The molecule has 0 aliphatic rings. The lowest BCUT2D eigenvalue weighted by molar-refractivity contribution is -0.143. The molecule has 144 valence electrons. The predicted octanol–water partition coefficient (Wildman–Crippen LogP) is 2.80. The van der Waals surface area contributed by atoms with Crippen molar-refractivity contribution < 1.29 is 24.2 Å². The topological polar surface area (TPSA) is 84.9 Å². The lowest BCUT2D eigenvalue weighted by Crippen LogP contribution is -2.44. The molecule has 6 heteroatoms. The van der Waals surface area contributed by atoms with Gasteiger partial charge in [0.15, 0.2) is 11.5 Å². The number of hydrogen-bond donors (Lipinski definition) is 2.